The van der Waals surface area contributed by atoms with Crippen LogP contribution in [0, 0.1) is 5.82 Å². The molecule has 0 radical (unpaired) electrons. The van der Waals surface area contributed by atoms with Crippen molar-refractivity contribution >= 4 is 21.8 Å². The lowest BCUT2D eigenvalue weighted by atomic mass is 10.0. The van der Waals surface area contributed by atoms with Gasteiger partial charge in [0.1, 0.15) is 5.82 Å². The summed E-state index contributed by atoms with van der Waals surface area (Å²) in [5.41, 5.74) is 2.36. The second-order valence-corrected chi connectivity index (χ2v) is 8.26. The quantitative estimate of drug-likeness (QED) is 0.831. The highest BCUT2D eigenvalue weighted by Gasteiger charge is 2.30. The van der Waals surface area contributed by atoms with Crippen LogP contribution in [0.25, 0.3) is 0 Å². The van der Waals surface area contributed by atoms with Gasteiger partial charge in [0.15, 0.2) is 0 Å². The number of hydrogen-bond donors (Lipinski definition) is 0. The zero-order valence-electron chi connectivity index (χ0n) is 13.2. The lowest BCUT2D eigenvalue weighted by Gasteiger charge is -2.31. The molecule has 0 N–H and O–H groups in total. The molecule has 2 aromatic carbocycles. The first-order chi connectivity index (χ1) is 11.4. The van der Waals surface area contributed by atoms with Crippen molar-refractivity contribution < 1.29 is 12.8 Å². The van der Waals surface area contributed by atoms with Gasteiger partial charge < -0.3 is 0 Å². The SMILES string of the molecule is CN(Cc1c(F)cccc1Cl)S(=O)(=O)N1CCc2ccccc2C1. The van der Waals surface area contributed by atoms with E-state index in [0.717, 1.165) is 9.87 Å². The maximum atomic E-state index is 13.9. The van der Waals surface area contributed by atoms with Gasteiger partial charge in [0, 0.05) is 37.3 Å². The Hall–Kier alpha value is -1.47. The summed E-state index contributed by atoms with van der Waals surface area (Å²) in [5, 5.41) is 0.223. The first-order valence-electron chi connectivity index (χ1n) is 7.60. The van der Waals surface area contributed by atoms with E-state index in [4.69, 9.17) is 11.6 Å². The van der Waals surface area contributed by atoms with Gasteiger partial charge in [-0.1, -0.05) is 41.9 Å². The van der Waals surface area contributed by atoms with E-state index in [9.17, 15) is 12.8 Å². The molecule has 4 nitrogen and oxygen atoms in total. The van der Waals surface area contributed by atoms with Gasteiger partial charge in [-0.3, -0.25) is 0 Å². The Morgan fingerprint density at radius 3 is 2.58 bits per heavy atom. The molecule has 7 heteroatoms. The summed E-state index contributed by atoms with van der Waals surface area (Å²) in [6.07, 6.45) is 0.670. The topological polar surface area (TPSA) is 40.6 Å². The van der Waals surface area contributed by atoms with Crippen molar-refractivity contribution in [2.45, 2.75) is 19.5 Å². The van der Waals surface area contributed by atoms with E-state index in [1.165, 1.54) is 29.0 Å². The molecule has 1 aliphatic rings. The highest BCUT2D eigenvalue weighted by molar-refractivity contribution is 7.86. The molecule has 3 rings (SSSR count). The van der Waals surface area contributed by atoms with Gasteiger partial charge in [-0.25, -0.2) is 4.39 Å². The first-order valence-corrected chi connectivity index (χ1v) is 9.38. The van der Waals surface area contributed by atoms with Gasteiger partial charge in [0.25, 0.3) is 10.2 Å². The average Bonchev–Trinajstić information content (AvgIpc) is 2.57. The minimum absolute atomic E-state index is 0.105. The summed E-state index contributed by atoms with van der Waals surface area (Å²) in [6.45, 7) is 0.633. The van der Waals surface area contributed by atoms with Gasteiger partial charge in [0.05, 0.1) is 0 Å². The lowest BCUT2D eigenvalue weighted by Crippen LogP contribution is -2.44. The van der Waals surface area contributed by atoms with Gasteiger partial charge in [-0.2, -0.15) is 17.0 Å². The lowest BCUT2D eigenvalue weighted by molar-refractivity contribution is 0.340. The highest BCUT2D eigenvalue weighted by Crippen LogP contribution is 2.25. The van der Waals surface area contributed by atoms with Crippen molar-refractivity contribution in [2.24, 2.45) is 0 Å². The van der Waals surface area contributed by atoms with Crippen LogP contribution in [-0.2, 0) is 29.7 Å². The van der Waals surface area contributed by atoms with Gasteiger partial charge in [0.2, 0.25) is 0 Å². The van der Waals surface area contributed by atoms with Crippen molar-refractivity contribution in [3.05, 3.63) is 70.0 Å². The molecule has 2 aromatic rings. The van der Waals surface area contributed by atoms with Crippen LogP contribution in [0.1, 0.15) is 16.7 Å². The highest BCUT2D eigenvalue weighted by atomic mass is 35.5. The normalized spacial score (nSPS) is 15.5. The number of benzene rings is 2. The van der Waals surface area contributed by atoms with Crippen LogP contribution in [0.15, 0.2) is 42.5 Å². The Morgan fingerprint density at radius 1 is 1.17 bits per heavy atom. The van der Waals surface area contributed by atoms with Crippen LogP contribution >= 0.6 is 11.6 Å². The Balaban J connectivity index is 1.81. The molecule has 128 valence electrons. The van der Waals surface area contributed by atoms with Crippen LogP contribution in [0.3, 0.4) is 0 Å². The van der Waals surface area contributed by atoms with E-state index >= 15 is 0 Å². The number of hydrogen-bond acceptors (Lipinski definition) is 2. The van der Waals surface area contributed by atoms with Crippen LogP contribution in [-0.4, -0.2) is 30.6 Å². The van der Waals surface area contributed by atoms with Crippen molar-refractivity contribution in [3.8, 4) is 0 Å². The average molecular weight is 369 g/mol. The minimum Gasteiger partial charge on any atom is -0.207 e. The summed E-state index contributed by atoms with van der Waals surface area (Å²) < 4.78 is 42.1. The molecule has 0 aliphatic carbocycles. The van der Waals surface area contributed by atoms with Crippen LogP contribution in [0.5, 0.6) is 0 Å². The fourth-order valence-corrected chi connectivity index (χ4v) is 4.39. The largest absolute Gasteiger partial charge is 0.282 e. The summed E-state index contributed by atoms with van der Waals surface area (Å²) >= 11 is 6.00. The van der Waals surface area contributed by atoms with Crippen LogP contribution in [0.2, 0.25) is 5.02 Å². The molecule has 0 spiro atoms. The second-order valence-electron chi connectivity index (χ2n) is 5.82. The first kappa shape index (κ1) is 17.4. The molecule has 0 atom stereocenters. The third kappa shape index (κ3) is 3.32. The molecule has 1 aliphatic heterocycles. The van der Waals surface area contributed by atoms with E-state index < -0.39 is 16.0 Å². The van der Waals surface area contributed by atoms with E-state index in [0.29, 0.717) is 19.5 Å². The van der Waals surface area contributed by atoms with E-state index in [1.807, 2.05) is 24.3 Å². The number of rotatable bonds is 4. The third-order valence-corrected chi connectivity index (χ3v) is 6.49. The molecular formula is C17H18ClFN2O2S. The van der Waals surface area contributed by atoms with Gasteiger partial charge in [-0.05, 0) is 29.7 Å². The maximum absolute atomic E-state index is 13.9. The third-order valence-electron chi connectivity index (χ3n) is 4.26. The van der Waals surface area contributed by atoms with Crippen molar-refractivity contribution in [2.75, 3.05) is 13.6 Å². The molecular weight excluding hydrogens is 351 g/mol. The smallest absolute Gasteiger partial charge is 0.207 e. The van der Waals surface area contributed by atoms with Gasteiger partial charge in [-0.15, -0.1) is 0 Å². The monoisotopic (exact) mass is 368 g/mol. The van der Waals surface area contributed by atoms with Crippen LogP contribution in [0.4, 0.5) is 4.39 Å². The molecule has 24 heavy (non-hydrogen) atoms. The molecule has 0 amide bonds. The predicted octanol–water partition coefficient (Wildman–Crippen LogP) is 3.21. The zero-order chi connectivity index (χ0) is 17.3. The van der Waals surface area contributed by atoms with Crippen molar-refractivity contribution in [3.63, 3.8) is 0 Å². The van der Waals surface area contributed by atoms with E-state index in [1.54, 1.807) is 6.07 Å². The summed E-state index contributed by atoms with van der Waals surface area (Å²) in [7, 11) is -2.25. The molecule has 0 fully saturated rings. The molecule has 0 bridgehead atoms. The number of fused-ring (bicyclic) bond motifs is 1. The number of nitrogens with zero attached hydrogens (tertiary/aromatic N) is 2. The van der Waals surface area contributed by atoms with Crippen LogP contribution < -0.4 is 0 Å². The maximum Gasteiger partial charge on any atom is 0.282 e. The van der Waals surface area contributed by atoms with Gasteiger partial charge >= 0.3 is 0 Å². The fraction of sp³-hybridized carbons (Fsp3) is 0.294. The van der Waals surface area contributed by atoms with E-state index in [2.05, 4.69) is 0 Å². The summed E-state index contributed by atoms with van der Waals surface area (Å²) in [6, 6.07) is 12.1. The molecule has 0 saturated heterocycles. The fourth-order valence-electron chi connectivity index (χ4n) is 2.85. The summed E-state index contributed by atoms with van der Waals surface area (Å²) in [4.78, 5) is 0. The standard InChI is InChI=1S/C17H18ClFN2O2S/c1-20(12-15-16(18)7-4-8-17(15)19)24(22,23)21-10-9-13-5-2-3-6-14(13)11-21/h2-8H,9-12H2,1H3. The second kappa shape index (κ2) is 6.80. The Bertz CT molecular complexity index is 837. The number of halogens is 2. The van der Waals surface area contributed by atoms with Crippen molar-refractivity contribution in [1.82, 2.24) is 8.61 Å². The molecule has 1 heterocycles. The predicted molar refractivity (Wildman–Crippen MR) is 92.4 cm³/mol. The van der Waals surface area contributed by atoms with Crippen molar-refractivity contribution in [1.29, 1.82) is 0 Å². The minimum atomic E-state index is -3.70. The Labute approximate surface area is 146 Å². The Morgan fingerprint density at radius 2 is 1.88 bits per heavy atom. The molecule has 0 saturated carbocycles. The molecule has 0 unspecified atom stereocenters. The van der Waals surface area contributed by atoms with E-state index in [-0.39, 0.29) is 17.1 Å². The summed E-state index contributed by atoms with van der Waals surface area (Å²) in [5.74, 6) is -0.506. The zero-order valence-corrected chi connectivity index (χ0v) is 14.8. The Kier molecular flexibility index (Phi) is 4.92. The molecule has 0 aromatic heterocycles.